The van der Waals surface area contributed by atoms with Crippen molar-refractivity contribution < 1.29 is 18.8 Å². The molecule has 4 N–H and O–H groups in total. The van der Waals surface area contributed by atoms with Gasteiger partial charge in [0.1, 0.15) is 11.9 Å². The first kappa shape index (κ1) is 25.5. The molecule has 2 atom stereocenters. The first-order valence-corrected chi connectivity index (χ1v) is 11.9. The van der Waals surface area contributed by atoms with Crippen LogP contribution in [0.15, 0.2) is 48.7 Å². The molecule has 2 heterocycles. The molecular formula is C25H28ClFN6O3. The number of hydrogen-bond acceptors (Lipinski definition) is 4. The molecule has 190 valence electrons. The van der Waals surface area contributed by atoms with E-state index in [9.17, 15) is 18.8 Å². The number of nitrogens with zero attached hydrogens (tertiary/aromatic N) is 3. The van der Waals surface area contributed by atoms with Crippen molar-refractivity contribution in [2.24, 2.45) is 5.73 Å². The molecule has 0 aliphatic carbocycles. The number of nitrogens with two attached hydrogens (primary N) is 1. The number of urea groups is 1. The first-order chi connectivity index (χ1) is 17.2. The number of likely N-dealkylation sites (tertiary alicyclic amines) is 1. The van der Waals surface area contributed by atoms with Gasteiger partial charge in [-0.25, -0.2) is 14.0 Å². The summed E-state index contributed by atoms with van der Waals surface area (Å²) in [6.45, 7) is 0.719. The Bertz CT molecular complexity index is 1310. The average Bonchev–Trinajstić information content (AvgIpc) is 3.46. The number of carbonyl (C=O) groups excluding carboxylic acids is 3. The van der Waals surface area contributed by atoms with Crippen LogP contribution in [-0.2, 0) is 4.79 Å². The topological polar surface area (TPSA) is 113 Å². The van der Waals surface area contributed by atoms with Gasteiger partial charge in [-0.05, 0) is 39.1 Å². The number of carbonyl (C=O) groups is 3. The van der Waals surface area contributed by atoms with Crippen molar-refractivity contribution in [3.8, 4) is 0 Å². The third kappa shape index (κ3) is 5.14. The molecule has 0 radical (unpaired) electrons. The molecule has 1 saturated heterocycles. The molecule has 1 fully saturated rings. The lowest BCUT2D eigenvalue weighted by Gasteiger charge is -2.28. The van der Waals surface area contributed by atoms with Crippen LogP contribution >= 0.6 is 11.6 Å². The van der Waals surface area contributed by atoms with E-state index in [1.54, 1.807) is 36.4 Å². The van der Waals surface area contributed by atoms with Gasteiger partial charge in [0.05, 0.1) is 22.3 Å². The predicted octanol–water partition coefficient (Wildman–Crippen LogP) is 3.78. The summed E-state index contributed by atoms with van der Waals surface area (Å²) in [6.07, 6.45) is 2.57. The fraction of sp³-hybridized carbons (Fsp3) is 0.320. The zero-order valence-corrected chi connectivity index (χ0v) is 20.8. The van der Waals surface area contributed by atoms with Gasteiger partial charge in [-0.2, -0.15) is 0 Å². The molecule has 4 rings (SSSR count). The van der Waals surface area contributed by atoms with Gasteiger partial charge in [-0.3, -0.25) is 9.36 Å². The summed E-state index contributed by atoms with van der Waals surface area (Å²) in [5.74, 6) is -0.966. The second-order valence-corrected chi connectivity index (χ2v) is 9.42. The van der Waals surface area contributed by atoms with Gasteiger partial charge >= 0.3 is 12.1 Å². The monoisotopic (exact) mass is 514 g/mol. The maximum atomic E-state index is 14.8. The largest absolute Gasteiger partial charge is 0.351 e. The highest BCUT2D eigenvalue weighted by molar-refractivity contribution is 6.30. The fourth-order valence-electron chi connectivity index (χ4n) is 4.58. The molecule has 4 amide bonds. The summed E-state index contributed by atoms with van der Waals surface area (Å²) >= 11 is 5.97. The SMILES string of the molecule is CN(C)C[C@@H](NC(=O)[C@@H]1CCCN1C(=O)Nc1cn(C(N)=O)c2ccccc12)c1cccc(Cl)c1F. The highest BCUT2D eigenvalue weighted by Gasteiger charge is 2.36. The molecule has 2 aromatic carbocycles. The van der Waals surface area contributed by atoms with Crippen LogP contribution in [0.25, 0.3) is 10.9 Å². The number of fused-ring (bicyclic) bond motifs is 1. The minimum atomic E-state index is -0.735. The maximum absolute atomic E-state index is 14.8. The number of likely N-dealkylation sites (N-methyl/N-ethyl adjacent to an activating group) is 1. The zero-order chi connectivity index (χ0) is 26.0. The number of rotatable bonds is 6. The number of amides is 4. The Labute approximate surface area is 213 Å². The maximum Gasteiger partial charge on any atom is 0.323 e. The van der Waals surface area contributed by atoms with E-state index in [4.69, 9.17) is 17.3 Å². The van der Waals surface area contributed by atoms with Crippen LogP contribution in [0.4, 0.5) is 19.7 Å². The van der Waals surface area contributed by atoms with E-state index in [0.29, 0.717) is 42.5 Å². The van der Waals surface area contributed by atoms with Crippen molar-refractivity contribution in [2.75, 3.05) is 32.5 Å². The van der Waals surface area contributed by atoms with E-state index in [-0.39, 0.29) is 16.5 Å². The molecule has 3 aromatic rings. The Balaban J connectivity index is 1.53. The van der Waals surface area contributed by atoms with Crippen molar-refractivity contribution in [1.82, 2.24) is 19.7 Å². The molecule has 0 saturated carbocycles. The van der Waals surface area contributed by atoms with Crippen molar-refractivity contribution in [3.63, 3.8) is 0 Å². The molecule has 1 aromatic heterocycles. The number of aromatic nitrogens is 1. The van der Waals surface area contributed by atoms with E-state index in [1.165, 1.54) is 21.7 Å². The Hall–Kier alpha value is -3.63. The predicted molar refractivity (Wildman–Crippen MR) is 137 cm³/mol. The van der Waals surface area contributed by atoms with Crippen LogP contribution in [0.2, 0.25) is 5.02 Å². The summed E-state index contributed by atoms with van der Waals surface area (Å²) < 4.78 is 16.0. The first-order valence-electron chi connectivity index (χ1n) is 11.5. The molecule has 1 aliphatic rings. The second-order valence-electron chi connectivity index (χ2n) is 9.02. The third-order valence-electron chi connectivity index (χ3n) is 6.23. The Kier molecular flexibility index (Phi) is 7.46. The van der Waals surface area contributed by atoms with Crippen molar-refractivity contribution in [2.45, 2.75) is 24.9 Å². The van der Waals surface area contributed by atoms with Crippen LogP contribution in [0.5, 0.6) is 0 Å². The minimum Gasteiger partial charge on any atom is -0.351 e. The van der Waals surface area contributed by atoms with Gasteiger partial charge in [0, 0.05) is 30.2 Å². The lowest BCUT2D eigenvalue weighted by molar-refractivity contribution is -0.125. The van der Waals surface area contributed by atoms with E-state index in [0.717, 1.165) is 0 Å². The van der Waals surface area contributed by atoms with E-state index in [1.807, 2.05) is 19.0 Å². The Morgan fingerprint density at radius 3 is 2.67 bits per heavy atom. The lowest BCUT2D eigenvalue weighted by Crippen LogP contribution is -2.49. The second kappa shape index (κ2) is 10.5. The number of anilines is 1. The molecule has 0 bridgehead atoms. The number of benzene rings is 2. The quantitative estimate of drug-likeness (QED) is 0.464. The van der Waals surface area contributed by atoms with Crippen LogP contribution in [0.1, 0.15) is 24.4 Å². The van der Waals surface area contributed by atoms with Gasteiger partial charge in [0.25, 0.3) is 0 Å². The summed E-state index contributed by atoms with van der Waals surface area (Å²) in [5, 5.41) is 6.34. The van der Waals surface area contributed by atoms with Gasteiger partial charge in [-0.15, -0.1) is 0 Å². The molecule has 9 nitrogen and oxygen atoms in total. The Morgan fingerprint density at radius 1 is 1.19 bits per heavy atom. The summed E-state index contributed by atoms with van der Waals surface area (Å²) in [6, 6.07) is 9.17. The lowest BCUT2D eigenvalue weighted by atomic mass is 10.0. The van der Waals surface area contributed by atoms with Crippen LogP contribution < -0.4 is 16.4 Å². The van der Waals surface area contributed by atoms with Crippen LogP contribution in [0, 0.1) is 5.82 Å². The van der Waals surface area contributed by atoms with Gasteiger partial charge in [-0.1, -0.05) is 41.9 Å². The average molecular weight is 515 g/mol. The smallest absolute Gasteiger partial charge is 0.323 e. The number of para-hydroxylation sites is 1. The zero-order valence-electron chi connectivity index (χ0n) is 20.0. The van der Waals surface area contributed by atoms with Crippen molar-refractivity contribution in [3.05, 3.63) is 65.1 Å². The number of halogens is 2. The molecule has 11 heteroatoms. The van der Waals surface area contributed by atoms with E-state index in [2.05, 4.69) is 10.6 Å². The van der Waals surface area contributed by atoms with Crippen molar-refractivity contribution in [1.29, 1.82) is 0 Å². The standard InChI is InChI=1S/C25H28ClFN6O3/c1-31(2)13-18(16-8-5-9-17(26)22(16)27)29-23(34)21-11-6-12-32(21)25(36)30-19-14-33(24(28)35)20-10-4-3-7-15(19)20/h3-5,7-10,14,18,21H,6,11-13H2,1-2H3,(H2,28,35)(H,29,34)(H,30,36)/t18-,21+/m1/s1. The van der Waals surface area contributed by atoms with E-state index < -0.39 is 30.0 Å². The summed E-state index contributed by atoms with van der Waals surface area (Å²) in [7, 11) is 3.64. The van der Waals surface area contributed by atoms with Crippen LogP contribution in [-0.4, -0.2) is 65.6 Å². The fourth-order valence-corrected chi connectivity index (χ4v) is 4.76. The molecule has 36 heavy (non-hydrogen) atoms. The normalized spacial score (nSPS) is 16.4. The summed E-state index contributed by atoms with van der Waals surface area (Å²) in [5.41, 5.74) is 6.71. The molecule has 0 spiro atoms. The Morgan fingerprint density at radius 2 is 1.94 bits per heavy atom. The molecular weight excluding hydrogens is 487 g/mol. The van der Waals surface area contributed by atoms with E-state index >= 15 is 0 Å². The minimum absolute atomic E-state index is 0.0255. The van der Waals surface area contributed by atoms with Gasteiger partial charge in [0.2, 0.25) is 5.91 Å². The molecule has 0 unspecified atom stereocenters. The third-order valence-corrected chi connectivity index (χ3v) is 6.52. The number of nitrogens with one attached hydrogen (secondary N) is 2. The molecule has 1 aliphatic heterocycles. The van der Waals surface area contributed by atoms with Gasteiger partial charge in [0.15, 0.2) is 0 Å². The number of hydrogen-bond donors (Lipinski definition) is 3. The van der Waals surface area contributed by atoms with Crippen molar-refractivity contribution >= 4 is 46.2 Å². The van der Waals surface area contributed by atoms with Gasteiger partial charge < -0.3 is 26.2 Å². The van der Waals surface area contributed by atoms with Crippen LogP contribution in [0.3, 0.4) is 0 Å². The highest BCUT2D eigenvalue weighted by atomic mass is 35.5. The summed E-state index contributed by atoms with van der Waals surface area (Å²) in [4.78, 5) is 41.6. The highest BCUT2D eigenvalue weighted by Crippen LogP contribution is 2.28. The number of primary amides is 1.